The lowest BCUT2D eigenvalue weighted by Gasteiger charge is -2.17. The second kappa shape index (κ2) is 6.81. The number of aromatic nitrogens is 1. The summed E-state index contributed by atoms with van der Waals surface area (Å²) in [6.07, 6.45) is 2.42. The molecule has 1 amide bonds. The zero-order valence-corrected chi connectivity index (χ0v) is 16.3. The van der Waals surface area contributed by atoms with Crippen LogP contribution in [0.3, 0.4) is 0 Å². The van der Waals surface area contributed by atoms with Gasteiger partial charge in [0, 0.05) is 22.7 Å². The smallest absolute Gasteiger partial charge is 0.279 e. The first-order chi connectivity index (χ1) is 12.2. The largest absolute Gasteiger partial charge is 0.320 e. The number of amides is 1. The van der Waals surface area contributed by atoms with Crippen LogP contribution in [0.25, 0.3) is 0 Å². The third kappa shape index (κ3) is 3.78. The third-order valence-corrected chi connectivity index (χ3v) is 6.11. The number of rotatable bonds is 3. The van der Waals surface area contributed by atoms with Gasteiger partial charge in [-0.3, -0.25) is 4.79 Å². The van der Waals surface area contributed by atoms with E-state index in [1.54, 1.807) is 6.07 Å². The van der Waals surface area contributed by atoms with E-state index in [4.69, 9.17) is 5.26 Å². The van der Waals surface area contributed by atoms with Gasteiger partial charge < -0.3 is 4.57 Å². The molecule has 0 saturated heterocycles. The summed E-state index contributed by atoms with van der Waals surface area (Å²) in [6, 6.07) is 5.54. The Hall–Kier alpha value is -2.26. The predicted molar refractivity (Wildman–Crippen MR) is 99.5 cm³/mol. The van der Waals surface area contributed by atoms with E-state index in [0.717, 1.165) is 18.3 Å². The molecule has 1 aliphatic rings. The Morgan fingerprint density at radius 3 is 2.69 bits per heavy atom. The van der Waals surface area contributed by atoms with Gasteiger partial charge in [0.25, 0.3) is 5.91 Å². The van der Waals surface area contributed by atoms with E-state index in [2.05, 4.69) is 37.3 Å². The zero-order valence-electron chi connectivity index (χ0n) is 15.5. The Kier molecular flexibility index (Phi) is 4.85. The van der Waals surface area contributed by atoms with Crippen molar-refractivity contribution in [1.82, 2.24) is 4.57 Å². The lowest BCUT2D eigenvalue weighted by molar-refractivity contribution is 0.0997. The summed E-state index contributed by atoms with van der Waals surface area (Å²) >= 11 is 1.54. The van der Waals surface area contributed by atoms with Gasteiger partial charge in [0.15, 0.2) is 4.80 Å². The van der Waals surface area contributed by atoms with Crippen LogP contribution in [-0.2, 0) is 12.0 Å². The number of carbonyl (C=O) groups is 1. The lowest BCUT2D eigenvalue weighted by atomic mass is 9.93. The van der Waals surface area contributed by atoms with Crippen LogP contribution in [0.2, 0.25) is 0 Å². The molecule has 0 bridgehead atoms. The maximum atomic E-state index is 13.5. The molecule has 0 spiro atoms. The quantitative estimate of drug-likeness (QED) is 0.807. The minimum absolute atomic E-state index is 0.0271. The molecule has 0 unspecified atom stereocenters. The average Bonchev–Trinajstić information content (AvgIpc) is 3.33. The summed E-state index contributed by atoms with van der Waals surface area (Å²) in [5, 5.41) is 8.96. The molecule has 1 aromatic heterocycles. The van der Waals surface area contributed by atoms with Crippen LogP contribution < -0.4 is 4.80 Å². The molecule has 136 valence electrons. The van der Waals surface area contributed by atoms with E-state index in [1.165, 1.54) is 41.2 Å². The van der Waals surface area contributed by atoms with Crippen molar-refractivity contribution in [1.29, 1.82) is 5.26 Å². The summed E-state index contributed by atoms with van der Waals surface area (Å²) in [6.45, 7) is 9.40. The fourth-order valence-electron chi connectivity index (χ4n) is 2.93. The molecule has 3 rings (SSSR count). The monoisotopic (exact) mass is 371 g/mol. The first kappa shape index (κ1) is 18.5. The lowest BCUT2D eigenvalue weighted by Crippen LogP contribution is -2.20. The Labute approximate surface area is 156 Å². The second-order valence-electron chi connectivity index (χ2n) is 7.83. The van der Waals surface area contributed by atoms with Crippen LogP contribution in [0.5, 0.6) is 0 Å². The molecule has 1 aromatic carbocycles. The van der Waals surface area contributed by atoms with Gasteiger partial charge >= 0.3 is 0 Å². The number of halogens is 1. The Morgan fingerprint density at radius 1 is 1.42 bits per heavy atom. The number of benzene rings is 1. The van der Waals surface area contributed by atoms with Gasteiger partial charge in [-0.15, -0.1) is 11.3 Å². The van der Waals surface area contributed by atoms with Crippen LogP contribution in [0.15, 0.2) is 23.2 Å². The van der Waals surface area contributed by atoms with Crippen LogP contribution in [0.4, 0.5) is 4.39 Å². The highest BCUT2D eigenvalue weighted by Crippen LogP contribution is 2.33. The van der Waals surface area contributed by atoms with Crippen molar-refractivity contribution in [3.05, 3.63) is 50.5 Å². The first-order valence-corrected chi connectivity index (χ1v) is 9.51. The number of carbonyl (C=O) groups excluding carboxylic acids is 1. The topological polar surface area (TPSA) is 58.1 Å². The molecule has 1 aliphatic carbocycles. The Bertz CT molecular complexity index is 968. The van der Waals surface area contributed by atoms with Gasteiger partial charge in [-0.25, -0.2) is 4.39 Å². The van der Waals surface area contributed by atoms with E-state index in [0.29, 0.717) is 10.7 Å². The Morgan fingerprint density at radius 2 is 2.12 bits per heavy atom. The van der Waals surface area contributed by atoms with Crippen molar-refractivity contribution < 1.29 is 9.18 Å². The number of hydrogen-bond donors (Lipinski definition) is 0. The van der Waals surface area contributed by atoms with Crippen LogP contribution >= 0.6 is 11.3 Å². The Balaban J connectivity index is 2.07. The van der Waals surface area contributed by atoms with Crippen LogP contribution in [0, 0.1) is 30.0 Å². The highest BCUT2D eigenvalue weighted by Gasteiger charge is 2.27. The van der Waals surface area contributed by atoms with Gasteiger partial charge in [-0.2, -0.15) is 10.3 Å². The molecule has 6 heteroatoms. The molecule has 0 atom stereocenters. The molecule has 2 aromatic rings. The number of hydrogen-bond acceptors (Lipinski definition) is 3. The molecule has 26 heavy (non-hydrogen) atoms. The molecule has 1 fully saturated rings. The average molecular weight is 371 g/mol. The van der Waals surface area contributed by atoms with Crippen molar-refractivity contribution in [3.63, 3.8) is 0 Å². The van der Waals surface area contributed by atoms with Gasteiger partial charge in [0.2, 0.25) is 0 Å². The number of thiazole rings is 1. The maximum absolute atomic E-state index is 13.5. The summed E-state index contributed by atoms with van der Waals surface area (Å²) < 4.78 is 15.6. The normalized spacial score (nSPS) is 15.2. The van der Waals surface area contributed by atoms with Crippen molar-refractivity contribution in [2.75, 3.05) is 0 Å². The maximum Gasteiger partial charge on any atom is 0.279 e. The van der Waals surface area contributed by atoms with Crippen molar-refractivity contribution in [2.45, 2.75) is 52.5 Å². The standard InChI is InChI=1S/C20H22FN3OS/c1-12-17(20(2,3)4)26-19(24(12)11-13-5-6-13)23-18(25)14-7-8-16(21)15(9-14)10-22/h7-9,13H,5-6,11H2,1-4H3/b23-19-. The van der Waals surface area contributed by atoms with Crippen molar-refractivity contribution in [3.8, 4) is 6.07 Å². The summed E-state index contributed by atoms with van der Waals surface area (Å²) in [5.41, 5.74) is 1.21. The van der Waals surface area contributed by atoms with Gasteiger partial charge in [0.05, 0.1) is 5.56 Å². The van der Waals surface area contributed by atoms with E-state index in [1.807, 2.05) is 0 Å². The van der Waals surface area contributed by atoms with Crippen molar-refractivity contribution in [2.24, 2.45) is 10.9 Å². The van der Waals surface area contributed by atoms with Crippen molar-refractivity contribution >= 4 is 17.2 Å². The molecule has 0 radical (unpaired) electrons. The van der Waals surface area contributed by atoms with E-state index >= 15 is 0 Å². The molecule has 4 nitrogen and oxygen atoms in total. The van der Waals surface area contributed by atoms with Crippen LogP contribution in [0.1, 0.15) is 60.1 Å². The zero-order chi connectivity index (χ0) is 19.1. The first-order valence-electron chi connectivity index (χ1n) is 8.70. The number of nitriles is 1. The summed E-state index contributed by atoms with van der Waals surface area (Å²) in [5.74, 6) is -0.427. The molecule has 1 saturated carbocycles. The minimum atomic E-state index is -0.630. The fourth-order valence-corrected chi connectivity index (χ4v) is 4.13. The van der Waals surface area contributed by atoms with E-state index < -0.39 is 11.7 Å². The minimum Gasteiger partial charge on any atom is -0.320 e. The van der Waals surface area contributed by atoms with Gasteiger partial charge in [0.1, 0.15) is 11.9 Å². The predicted octanol–water partition coefficient (Wildman–Crippen LogP) is 4.32. The number of nitrogens with zero attached hydrogens (tertiary/aromatic N) is 3. The SMILES string of the molecule is Cc1c(C(C)(C)C)s/c(=N\C(=O)c2ccc(F)c(C#N)c2)n1CC1CC1. The highest BCUT2D eigenvalue weighted by molar-refractivity contribution is 7.09. The van der Waals surface area contributed by atoms with Crippen LogP contribution in [-0.4, -0.2) is 10.5 Å². The third-order valence-electron chi connectivity index (χ3n) is 4.51. The van der Waals surface area contributed by atoms with E-state index in [-0.39, 0.29) is 16.5 Å². The molecule has 0 aliphatic heterocycles. The highest BCUT2D eigenvalue weighted by atomic mass is 32.1. The molecule has 0 N–H and O–H groups in total. The molecule has 1 heterocycles. The fraction of sp³-hybridized carbons (Fsp3) is 0.450. The second-order valence-corrected chi connectivity index (χ2v) is 8.80. The van der Waals surface area contributed by atoms with Gasteiger partial charge in [-0.05, 0) is 49.3 Å². The van der Waals surface area contributed by atoms with Gasteiger partial charge in [-0.1, -0.05) is 20.8 Å². The molecular weight excluding hydrogens is 349 g/mol. The van der Waals surface area contributed by atoms with E-state index in [9.17, 15) is 9.18 Å². The summed E-state index contributed by atoms with van der Waals surface area (Å²) in [7, 11) is 0. The summed E-state index contributed by atoms with van der Waals surface area (Å²) in [4.78, 5) is 18.8. The molecular formula is C20H22FN3OS.